The molecule has 0 aliphatic carbocycles. The van der Waals surface area contributed by atoms with Gasteiger partial charge < -0.3 is 14.5 Å². The summed E-state index contributed by atoms with van der Waals surface area (Å²) in [7, 11) is 0. The molecule has 3 atom stereocenters. The first-order chi connectivity index (χ1) is 27.1. The van der Waals surface area contributed by atoms with Crippen molar-refractivity contribution in [3.05, 3.63) is 83.3 Å². The maximum atomic E-state index is 17.1. The summed E-state index contributed by atoms with van der Waals surface area (Å²) in [6.45, 7) is 4.86. The summed E-state index contributed by atoms with van der Waals surface area (Å²) in [5, 5.41) is 11.3. The fraction of sp³-hybridized carbons (Fsp3) is 0.390. The molecule has 3 aromatic heterocycles. The Kier molecular flexibility index (Phi) is 10.0. The van der Waals surface area contributed by atoms with Gasteiger partial charge in [0, 0.05) is 56.6 Å². The summed E-state index contributed by atoms with van der Waals surface area (Å²) in [6.07, 6.45) is 5.16. The minimum absolute atomic E-state index is 0.0161. The van der Waals surface area contributed by atoms with Crippen molar-refractivity contribution in [2.75, 3.05) is 44.2 Å². The van der Waals surface area contributed by atoms with Crippen LogP contribution in [0.4, 0.5) is 23.4 Å². The summed E-state index contributed by atoms with van der Waals surface area (Å²) in [6, 6.07) is 11.0. The van der Waals surface area contributed by atoms with Crippen LogP contribution in [0.5, 0.6) is 6.01 Å². The highest BCUT2D eigenvalue weighted by molar-refractivity contribution is 6.01. The molecule has 0 radical (unpaired) electrons. The molecule has 0 saturated carbocycles. The van der Waals surface area contributed by atoms with Crippen LogP contribution >= 0.6 is 0 Å². The quantitative estimate of drug-likeness (QED) is 0.119. The van der Waals surface area contributed by atoms with Crippen LogP contribution in [0.3, 0.4) is 0 Å². The summed E-state index contributed by atoms with van der Waals surface area (Å²) in [5.74, 6) is -2.44. The zero-order valence-corrected chi connectivity index (χ0v) is 31.0. The van der Waals surface area contributed by atoms with Gasteiger partial charge in [-0.1, -0.05) is 31.2 Å². The number of alkyl halides is 1. The maximum Gasteiger partial charge on any atom is 0.319 e. The molecule has 3 saturated heterocycles. The average molecular weight is 766 g/mol. The van der Waals surface area contributed by atoms with Crippen LogP contribution in [0.25, 0.3) is 39.0 Å². The molecule has 2 aromatic carbocycles. The Balaban J connectivity index is 1.19. The third kappa shape index (κ3) is 6.76. The lowest BCUT2D eigenvalue weighted by Crippen LogP contribution is -2.55. The number of carbonyl (C=O) groups is 1. The molecular formula is C41H39F4N9O2. The zero-order chi connectivity index (χ0) is 39.1. The monoisotopic (exact) mass is 765 g/mol. The molecule has 6 heterocycles. The van der Waals surface area contributed by atoms with E-state index in [0.29, 0.717) is 41.7 Å². The largest absolute Gasteiger partial charge is 0.461 e. The van der Waals surface area contributed by atoms with Crippen molar-refractivity contribution in [3.63, 3.8) is 0 Å². The number of pyridine rings is 1. The van der Waals surface area contributed by atoms with Crippen LogP contribution in [0.2, 0.25) is 0 Å². The minimum atomic E-state index is -1.04. The molecule has 11 nitrogen and oxygen atoms in total. The zero-order valence-electron chi connectivity index (χ0n) is 31.0. The number of ether oxygens (including phenoxy) is 1. The van der Waals surface area contributed by atoms with Crippen LogP contribution in [-0.2, 0) is 11.2 Å². The second kappa shape index (κ2) is 15.1. The van der Waals surface area contributed by atoms with Gasteiger partial charge in [0.1, 0.15) is 41.4 Å². The van der Waals surface area contributed by atoms with E-state index >= 15 is 13.2 Å². The SMILES string of the molecule is CCc1c(F)ccc2cccc(-c3ncc4c(N5CCN(C(=O)/C(F)=C/c6ccnc(C)n6)[C@@H](CC#N)C5)nc(OC[C@@]56CCCN5C[C@H](F)C6)nc4c3F)c12. The van der Waals surface area contributed by atoms with E-state index in [2.05, 4.69) is 30.9 Å². The molecule has 3 aliphatic heterocycles. The number of halogens is 4. The van der Waals surface area contributed by atoms with E-state index in [-0.39, 0.29) is 66.8 Å². The molecule has 56 heavy (non-hydrogen) atoms. The lowest BCUT2D eigenvalue weighted by atomic mass is 9.95. The molecule has 3 fully saturated rings. The Labute approximate surface area is 320 Å². The Morgan fingerprint density at radius 3 is 2.75 bits per heavy atom. The number of aryl methyl sites for hydroxylation is 2. The number of rotatable bonds is 9. The summed E-state index contributed by atoms with van der Waals surface area (Å²) >= 11 is 0. The van der Waals surface area contributed by atoms with Crippen molar-refractivity contribution in [3.8, 4) is 23.3 Å². The summed E-state index contributed by atoms with van der Waals surface area (Å²) in [4.78, 5) is 40.7. The standard InChI is InChI=1S/C41H39F4N9O2/c1-3-29-32(43)9-8-25-6-4-7-30(34(25)29)36-35(45)37-31(20-48-36)38(51-40(50-37)56-23-41-12-5-15-53(41)21-26(42)19-41)52-16-17-54(28(22-52)10-13-46)39(55)33(44)18-27-11-14-47-24(2)49-27/h4,6-9,11,14,18,20,26,28H,3,5,10,12,15-17,19,21-23H2,1-2H3/b33-18-/t26-,28+,41+/m1/s1. The van der Waals surface area contributed by atoms with Crippen LogP contribution in [0.15, 0.2) is 54.6 Å². The van der Waals surface area contributed by atoms with Gasteiger partial charge in [0.05, 0.1) is 35.2 Å². The van der Waals surface area contributed by atoms with Gasteiger partial charge in [-0.05, 0) is 61.2 Å². The number of hydrogen-bond acceptors (Lipinski definition) is 10. The molecule has 0 N–H and O–H groups in total. The van der Waals surface area contributed by atoms with Crippen molar-refractivity contribution in [2.24, 2.45) is 0 Å². The number of aromatic nitrogens is 5. The van der Waals surface area contributed by atoms with E-state index in [4.69, 9.17) is 9.72 Å². The number of nitrogens with zero attached hydrogens (tertiary/aromatic N) is 9. The highest BCUT2D eigenvalue weighted by Gasteiger charge is 2.49. The van der Waals surface area contributed by atoms with Crippen LogP contribution in [0.1, 0.15) is 49.7 Å². The van der Waals surface area contributed by atoms with Gasteiger partial charge in [0.2, 0.25) is 0 Å². The minimum Gasteiger partial charge on any atom is -0.461 e. The predicted octanol–water partition coefficient (Wildman–Crippen LogP) is 6.68. The molecule has 3 aliphatic rings. The van der Waals surface area contributed by atoms with E-state index in [1.807, 2.05) is 13.0 Å². The van der Waals surface area contributed by atoms with E-state index in [0.717, 1.165) is 30.8 Å². The van der Waals surface area contributed by atoms with Crippen molar-refractivity contribution in [2.45, 2.75) is 63.7 Å². The number of anilines is 1. The van der Waals surface area contributed by atoms with E-state index in [9.17, 15) is 14.4 Å². The van der Waals surface area contributed by atoms with E-state index in [1.165, 1.54) is 29.4 Å². The molecule has 0 unspecified atom stereocenters. The smallest absolute Gasteiger partial charge is 0.319 e. The van der Waals surface area contributed by atoms with Crippen molar-refractivity contribution in [1.29, 1.82) is 5.26 Å². The number of carbonyl (C=O) groups excluding carboxylic acids is 1. The molecule has 15 heteroatoms. The van der Waals surface area contributed by atoms with Gasteiger partial charge >= 0.3 is 6.01 Å². The fourth-order valence-corrected chi connectivity index (χ4v) is 8.61. The first kappa shape index (κ1) is 37.2. The van der Waals surface area contributed by atoms with Crippen molar-refractivity contribution >= 4 is 39.5 Å². The molecule has 0 spiro atoms. The molecule has 8 rings (SSSR count). The summed E-state index contributed by atoms with van der Waals surface area (Å²) < 4.78 is 68.4. The second-order valence-electron chi connectivity index (χ2n) is 14.6. The first-order valence-electron chi connectivity index (χ1n) is 18.8. The van der Waals surface area contributed by atoms with Crippen LogP contribution in [0, 0.1) is 29.9 Å². The lowest BCUT2D eigenvalue weighted by molar-refractivity contribution is -0.131. The number of nitriles is 1. The summed E-state index contributed by atoms with van der Waals surface area (Å²) in [5.41, 5.74) is 0.400. The van der Waals surface area contributed by atoms with E-state index in [1.54, 1.807) is 30.0 Å². The third-order valence-electron chi connectivity index (χ3n) is 11.2. The Morgan fingerprint density at radius 1 is 1.09 bits per heavy atom. The number of hydrogen-bond donors (Lipinski definition) is 0. The predicted molar refractivity (Wildman–Crippen MR) is 202 cm³/mol. The van der Waals surface area contributed by atoms with Gasteiger partial charge in [-0.3, -0.25) is 14.7 Å². The molecule has 5 aromatic rings. The number of piperazine rings is 1. The van der Waals surface area contributed by atoms with Gasteiger partial charge in [-0.25, -0.2) is 27.5 Å². The van der Waals surface area contributed by atoms with Gasteiger partial charge in [0.25, 0.3) is 5.91 Å². The van der Waals surface area contributed by atoms with Crippen molar-refractivity contribution in [1.82, 2.24) is 34.7 Å². The number of amides is 1. The van der Waals surface area contributed by atoms with Crippen LogP contribution in [-0.4, -0.2) is 97.7 Å². The molecular weight excluding hydrogens is 727 g/mol. The second-order valence-corrected chi connectivity index (χ2v) is 14.6. The Morgan fingerprint density at radius 2 is 1.95 bits per heavy atom. The van der Waals surface area contributed by atoms with Gasteiger partial charge in [-0.2, -0.15) is 15.2 Å². The molecule has 1 amide bonds. The van der Waals surface area contributed by atoms with E-state index < -0.39 is 41.1 Å². The number of fused-ring (bicyclic) bond motifs is 3. The third-order valence-corrected chi connectivity index (χ3v) is 11.2. The topological polar surface area (TPSA) is 124 Å². The highest BCUT2D eigenvalue weighted by Crippen LogP contribution is 2.41. The average Bonchev–Trinajstić information content (AvgIpc) is 3.72. The highest BCUT2D eigenvalue weighted by atomic mass is 19.1. The fourth-order valence-electron chi connectivity index (χ4n) is 8.61. The van der Waals surface area contributed by atoms with Gasteiger partial charge in [0.15, 0.2) is 11.6 Å². The maximum absolute atomic E-state index is 17.1. The van der Waals surface area contributed by atoms with Gasteiger partial charge in [-0.15, -0.1) is 0 Å². The first-order valence-corrected chi connectivity index (χ1v) is 18.8. The Hall–Kier alpha value is -5.75. The lowest BCUT2D eigenvalue weighted by Gasteiger charge is -2.41. The molecule has 0 bridgehead atoms. The number of benzene rings is 2. The normalized spacial score (nSPS) is 21.5. The van der Waals surface area contributed by atoms with Crippen LogP contribution < -0.4 is 9.64 Å². The van der Waals surface area contributed by atoms with Crippen molar-refractivity contribution < 1.29 is 27.1 Å². The Bertz CT molecular complexity index is 2420. The molecule has 288 valence electrons.